The zero-order valence-electron chi connectivity index (χ0n) is 19.3. The van der Waals surface area contributed by atoms with Gasteiger partial charge in [-0.05, 0) is 56.3 Å². The van der Waals surface area contributed by atoms with Gasteiger partial charge in [0.2, 0.25) is 0 Å². The van der Waals surface area contributed by atoms with Gasteiger partial charge in [0.15, 0.2) is 0 Å². The molecule has 0 heterocycles. The molecular formula is C24H34Cl4Si2. The molecule has 6 heteroatoms. The molecule has 0 aliphatic rings. The minimum atomic E-state index is -3.30. The summed E-state index contributed by atoms with van der Waals surface area (Å²) in [5.41, 5.74) is 4.68. The third-order valence-corrected chi connectivity index (χ3v) is 28.8. The van der Waals surface area contributed by atoms with Gasteiger partial charge in [-0.15, -0.1) is 44.3 Å². The Kier molecular flexibility index (Phi) is 8.67. The first-order valence-electron chi connectivity index (χ1n) is 10.8. The number of hydrogen-bond donors (Lipinski definition) is 0. The summed E-state index contributed by atoms with van der Waals surface area (Å²) in [7, 11) is 0. The molecule has 0 N–H and O–H groups in total. The number of hydrogen-bond acceptors (Lipinski definition) is 0. The van der Waals surface area contributed by atoms with Crippen molar-refractivity contribution in [1.29, 1.82) is 0 Å². The van der Waals surface area contributed by atoms with Crippen LogP contribution < -0.4 is 10.4 Å². The highest BCUT2D eigenvalue weighted by Gasteiger charge is 2.59. The second kappa shape index (κ2) is 9.89. The SMILES string of the molecule is CC(C)c1cccc(C(C)C)c1[Si](Cl)(Cl)[Si](Cl)(Cl)c1c(C(C)C)cccc1C(C)C. The van der Waals surface area contributed by atoms with E-state index in [0.29, 0.717) is 0 Å². The van der Waals surface area contributed by atoms with Crippen LogP contribution in [0.15, 0.2) is 36.4 Å². The number of benzene rings is 2. The zero-order valence-corrected chi connectivity index (χ0v) is 24.3. The first-order valence-corrected chi connectivity index (χ1v) is 19.8. The van der Waals surface area contributed by atoms with Crippen molar-refractivity contribution in [2.24, 2.45) is 0 Å². The Hall–Kier alpha value is 0.0338. The summed E-state index contributed by atoms with van der Waals surface area (Å²) in [5.74, 6) is 1.13. The van der Waals surface area contributed by atoms with E-state index in [1.54, 1.807) is 0 Å². The van der Waals surface area contributed by atoms with E-state index in [9.17, 15) is 0 Å². The van der Waals surface area contributed by atoms with Gasteiger partial charge in [-0.3, -0.25) is 0 Å². The van der Waals surface area contributed by atoms with Crippen LogP contribution in [0.2, 0.25) is 0 Å². The lowest BCUT2D eigenvalue weighted by Gasteiger charge is -2.37. The molecule has 2 rings (SSSR count). The Bertz CT molecular complexity index is 761. The fourth-order valence-electron chi connectivity index (χ4n) is 4.14. The summed E-state index contributed by atoms with van der Waals surface area (Å²) >= 11 is 29.8. The molecule has 0 aromatic heterocycles. The van der Waals surface area contributed by atoms with Gasteiger partial charge in [0, 0.05) is 0 Å². The van der Waals surface area contributed by atoms with E-state index in [-0.39, 0.29) is 23.7 Å². The maximum absolute atomic E-state index is 7.44. The molecule has 0 nitrogen and oxygen atoms in total. The van der Waals surface area contributed by atoms with E-state index in [1.807, 2.05) is 0 Å². The number of halogens is 4. The van der Waals surface area contributed by atoms with Gasteiger partial charge in [-0.25, -0.2) is 0 Å². The molecule has 0 atom stereocenters. The van der Waals surface area contributed by atoms with Crippen LogP contribution in [0.3, 0.4) is 0 Å². The van der Waals surface area contributed by atoms with E-state index in [1.165, 1.54) is 22.3 Å². The van der Waals surface area contributed by atoms with Crippen molar-refractivity contribution in [3.8, 4) is 0 Å². The second-order valence-electron chi connectivity index (χ2n) is 9.39. The largest absolute Gasteiger partial charge is 0.307 e. The average Bonchev–Trinajstić information content (AvgIpc) is 2.66. The van der Waals surface area contributed by atoms with E-state index in [0.717, 1.165) is 10.4 Å². The highest BCUT2D eigenvalue weighted by Crippen LogP contribution is 2.40. The van der Waals surface area contributed by atoms with Gasteiger partial charge in [0.1, 0.15) is 0 Å². The minimum absolute atomic E-state index is 0.283. The maximum Gasteiger partial charge on any atom is 0.307 e. The molecule has 166 valence electrons. The van der Waals surface area contributed by atoms with Crippen molar-refractivity contribution in [3.05, 3.63) is 58.7 Å². The molecule has 2 aromatic carbocycles. The average molecular weight is 521 g/mol. The van der Waals surface area contributed by atoms with Crippen LogP contribution >= 0.6 is 44.3 Å². The van der Waals surface area contributed by atoms with Crippen LogP contribution in [-0.2, 0) is 0 Å². The van der Waals surface area contributed by atoms with Crippen LogP contribution in [0.4, 0.5) is 0 Å². The van der Waals surface area contributed by atoms with Crippen molar-refractivity contribution in [1.82, 2.24) is 0 Å². The molecule has 0 fully saturated rings. The standard InChI is InChI=1S/C24H34Cl4Si2/c1-15(2)19-11-9-12-20(16(3)4)23(19)29(25,26)30(27,28)24-21(17(5)6)13-10-14-22(24)18(7)8/h9-18H,1-8H3. The van der Waals surface area contributed by atoms with Crippen LogP contribution in [0, 0.1) is 0 Å². The summed E-state index contributed by atoms with van der Waals surface area (Å²) in [6.07, 6.45) is -6.61. The molecule has 0 aliphatic heterocycles. The van der Waals surface area contributed by atoms with E-state index >= 15 is 0 Å². The van der Waals surface area contributed by atoms with Gasteiger partial charge in [-0.1, -0.05) is 91.8 Å². The fourth-order valence-corrected chi connectivity index (χ4v) is 17.3. The summed E-state index contributed by atoms with van der Waals surface area (Å²) in [4.78, 5) is 0. The zero-order chi connectivity index (χ0) is 23.0. The lowest BCUT2D eigenvalue weighted by Crippen LogP contribution is -2.66. The predicted molar refractivity (Wildman–Crippen MR) is 143 cm³/mol. The predicted octanol–water partition coefficient (Wildman–Crippen LogP) is 8.21. The molecule has 0 amide bonds. The molecule has 0 aliphatic carbocycles. The molecule has 30 heavy (non-hydrogen) atoms. The van der Waals surface area contributed by atoms with Gasteiger partial charge >= 0.3 is 12.4 Å². The van der Waals surface area contributed by atoms with Crippen molar-refractivity contribution in [3.63, 3.8) is 0 Å². The molecule has 0 radical (unpaired) electrons. The van der Waals surface area contributed by atoms with Crippen LogP contribution in [-0.4, -0.2) is 12.4 Å². The van der Waals surface area contributed by atoms with Gasteiger partial charge in [0.05, 0.1) is 0 Å². The lowest BCUT2D eigenvalue weighted by molar-refractivity contribution is 0.844. The van der Waals surface area contributed by atoms with Crippen molar-refractivity contribution >= 4 is 67.1 Å². The third kappa shape index (κ3) is 4.84. The van der Waals surface area contributed by atoms with Crippen LogP contribution in [0.5, 0.6) is 0 Å². The van der Waals surface area contributed by atoms with Crippen LogP contribution in [0.1, 0.15) is 101 Å². The monoisotopic (exact) mass is 518 g/mol. The Morgan fingerprint density at radius 2 is 0.667 bits per heavy atom. The van der Waals surface area contributed by atoms with E-state index < -0.39 is 12.4 Å². The molecule has 0 saturated heterocycles. The van der Waals surface area contributed by atoms with Crippen LogP contribution in [0.25, 0.3) is 0 Å². The van der Waals surface area contributed by atoms with E-state index in [2.05, 4.69) is 91.8 Å². The molecule has 0 unspecified atom stereocenters. The molecule has 0 spiro atoms. The highest BCUT2D eigenvalue weighted by molar-refractivity contribution is 7.98. The smallest absolute Gasteiger partial charge is 0.140 e. The molecule has 0 saturated carbocycles. The Morgan fingerprint density at radius 1 is 0.467 bits per heavy atom. The summed E-state index contributed by atoms with van der Waals surface area (Å²) in [6.45, 7) is 17.4. The first kappa shape index (κ1) is 26.3. The summed E-state index contributed by atoms with van der Waals surface area (Å²) in [5, 5.41) is 2.06. The minimum Gasteiger partial charge on any atom is -0.140 e. The third-order valence-electron chi connectivity index (χ3n) is 5.77. The molecule has 0 bridgehead atoms. The normalized spacial score (nSPS) is 13.2. The highest BCUT2D eigenvalue weighted by atomic mass is 35.8. The maximum atomic E-state index is 7.44. The second-order valence-corrected chi connectivity index (χ2v) is 29.0. The van der Waals surface area contributed by atoms with Gasteiger partial charge in [-0.2, -0.15) is 0 Å². The summed E-state index contributed by atoms with van der Waals surface area (Å²) < 4.78 is 0. The number of rotatable bonds is 7. The van der Waals surface area contributed by atoms with Crippen molar-refractivity contribution in [2.45, 2.75) is 79.1 Å². The van der Waals surface area contributed by atoms with E-state index in [4.69, 9.17) is 44.3 Å². The van der Waals surface area contributed by atoms with Crippen molar-refractivity contribution in [2.75, 3.05) is 0 Å². The summed E-state index contributed by atoms with van der Waals surface area (Å²) in [6, 6.07) is 12.7. The lowest BCUT2D eigenvalue weighted by atomic mass is 9.95. The molecule has 2 aromatic rings. The fraction of sp³-hybridized carbons (Fsp3) is 0.500. The first-order chi connectivity index (χ1) is 13.7. The Labute approximate surface area is 203 Å². The topological polar surface area (TPSA) is 0 Å². The molecular weight excluding hydrogens is 486 g/mol. The van der Waals surface area contributed by atoms with Gasteiger partial charge < -0.3 is 0 Å². The Balaban J connectivity index is 2.91. The van der Waals surface area contributed by atoms with Crippen molar-refractivity contribution < 1.29 is 0 Å². The Morgan fingerprint density at radius 3 is 0.833 bits per heavy atom. The quantitative estimate of drug-likeness (QED) is 0.255. The van der Waals surface area contributed by atoms with Gasteiger partial charge in [0.25, 0.3) is 0 Å².